The van der Waals surface area contributed by atoms with E-state index in [0.717, 1.165) is 6.92 Å². The number of nitrogens with zero attached hydrogens (tertiary/aromatic N) is 1. The molecule has 57 heteroatoms. The number of imidazole rings is 1. The molecule has 0 bridgehead atoms. The number of aromatic amines is 1. The summed E-state index contributed by atoms with van der Waals surface area (Å²) >= 11 is 0. The third-order valence-corrected chi connectivity index (χ3v) is 21.2. The Bertz CT molecular complexity index is 4230. The summed E-state index contributed by atoms with van der Waals surface area (Å²) in [6, 6.07) is -18.0. The minimum Gasteiger partial charge on any atom is -0.480 e. The average molecular weight is 2020 g/mol. The quantitative estimate of drug-likeness (QED) is 0.0164. The van der Waals surface area contributed by atoms with Gasteiger partial charge in [-0.3, -0.25) is 107 Å². The summed E-state index contributed by atoms with van der Waals surface area (Å²) in [6.07, 6.45) is 5.66. The lowest BCUT2D eigenvalue weighted by Gasteiger charge is -2.28. The summed E-state index contributed by atoms with van der Waals surface area (Å²) in [7, 11) is 0. The Morgan fingerprint density at radius 3 is 0.908 bits per heavy atom. The monoisotopic (exact) mass is 2020 g/mol. The second-order valence-electron chi connectivity index (χ2n) is 34.3. The Hall–Kier alpha value is -13.8. The molecule has 0 saturated heterocycles. The molecule has 0 radical (unpaired) electrons. The molecule has 1 aromatic rings. The van der Waals surface area contributed by atoms with Crippen LogP contribution in [0, 0.1) is 28.1 Å². The molecule has 0 aliphatic carbocycles. The van der Waals surface area contributed by atoms with Gasteiger partial charge in [0.25, 0.3) is 0 Å². The van der Waals surface area contributed by atoms with Crippen molar-refractivity contribution in [2.75, 3.05) is 98.2 Å². The minimum atomic E-state index is -1.56. The van der Waals surface area contributed by atoms with Gasteiger partial charge >= 0.3 is 5.97 Å². The van der Waals surface area contributed by atoms with E-state index in [0.29, 0.717) is 51.4 Å². The topological polar surface area (TPSA) is 955 Å². The zero-order chi connectivity index (χ0) is 107. The molecule has 1 rings (SSSR count). The predicted octanol–water partition coefficient (Wildman–Crippen LogP) is -12.8. The largest absolute Gasteiger partial charge is 0.480 e. The zero-order valence-corrected chi connectivity index (χ0v) is 81.8. The van der Waals surface area contributed by atoms with Gasteiger partial charge in [0.2, 0.25) is 112 Å². The van der Waals surface area contributed by atoms with E-state index in [2.05, 4.69) is 127 Å². The number of H-pyrrole nitrogens is 1. The van der Waals surface area contributed by atoms with Crippen LogP contribution in [0.1, 0.15) is 188 Å². The fraction of sp³-hybridized carbons (Fsp3) is 0.694. The fourth-order valence-electron chi connectivity index (χ4n) is 13.6. The van der Waals surface area contributed by atoms with Gasteiger partial charge in [-0.05, 0) is 193 Å². The number of unbranched alkanes of at least 4 members (excludes halogenated alkanes) is 5. The van der Waals surface area contributed by atoms with E-state index in [1.165, 1.54) is 19.4 Å². The molecule has 0 aliphatic rings. The van der Waals surface area contributed by atoms with Crippen molar-refractivity contribution in [3.8, 4) is 0 Å². The number of nitrogens with one attached hydrogen (secondary N) is 26. The summed E-state index contributed by atoms with van der Waals surface area (Å²) in [6.45, 7) is 4.93. The first-order valence-electron chi connectivity index (χ1n) is 47.4. The third-order valence-electron chi connectivity index (χ3n) is 21.2. The molecule has 1 heterocycles. The van der Waals surface area contributed by atoms with E-state index in [9.17, 15) is 106 Å². The van der Waals surface area contributed by atoms with Crippen LogP contribution in [0.15, 0.2) is 12.5 Å². The van der Waals surface area contributed by atoms with Crippen molar-refractivity contribution in [1.29, 1.82) is 16.2 Å². The highest BCUT2D eigenvalue weighted by Gasteiger charge is 2.38. The smallest absolute Gasteiger partial charge is 0.326 e. The van der Waals surface area contributed by atoms with Crippen molar-refractivity contribution in [3.63, 3.8) is 0 Å². The first-order chi connectivity index (χ1) is 67.3. The van der Waals surface area contributed by atoms with Crippen LogP contribution in [0.25, 0.3) is 0 Å². The Morgan fingerprint density at radius 2 is 0.599 bits per heavy atom. The van der Waals surface area contributed by atoms with E-state index < -0.39 is 260 Å². The number of carboxylic acid groups (broad SMARTS) is 1. The van der Waals surface area contributed by atoms with Crippen LogP contribution in [0.5, 0.6) is 0 Å². The molecule has 142 heavy (non-hydrogen) atoms. The Morgan fingerprint density at radius 1 is 0.324 bits per heavy atom. The van der Waals surface area contributed by atoms with Gasteiger partial charge in [0.1, 0.15) is 78.5 Å². The lowest BCUT2D eigenvalue weighted by Crippen LogP contribution is -2.60. The Labute approximate surface area is 823 Å². The van der Waals surface area contributed by atoms with Crippen molar-refractivity contribution < 1.29 is 106 Å². The van der Waals surface area contributed by atoms with Crippen LogP contribution in [0.4, 0.5) is 0 Å². The molecule has 1 aromatic heterocycles. The predicted molar refractivity (Wildman–Crippen MR) is 518 cm³/mol. The fourth-order valence-corrected chi connectivity index (χ4v) is 13.6. The summed E-state index contributed by atoms with van der Waals surface area (Å²) in [5.41, 5.74) is 45.4. The molecule has 0 fully saturated rings. The van der Waals surface area contributed by atoms with Gasteiger partial charge in [0.05, 0.1) is 57.9 Å². The van der Waals surface area contributed by atoms with E-state index in [4.69, 9.17) is 62.1 Å². The van der Waals surface area contributed by atoms with Crippen molar-refractivity contribution in [2.24, 2.45) is 57.7 Å². The molecular weight excluding hydrogens is 1860 g/mol. The van der Waals surface area contributed by atoms with Crippen molar-refractivity contribution in [3.05, 3.63) is 18.2 Å². The molecule has 0 saturated carbocycles. The number of hydrogen-bond acceptors (Lipinski definition) is 30. The first kappa shape index (κ1) is 126. The highest BCUT2D eigenvalue weighted by atomic mass is 16.4. The van der Waals surface area contributed by atoms with Gasteiger partial charge < -0.3 is 178 Å². The molecule has 13 atom stereocenters. The van der Waals surface area contributed by atoms with Crippen LogP contribution in [0.3, 0.4) is 0 Å². The summed E-state index contributed by atoms with van der Waals surface area (Å²) in [5, 5.41) is 96.9. The van der Waals surface area contributed by atoms with E-state index >= 15 is 0 Å². The van der Waals surface area contributed by atoms with Crippen LogP contribution in [0.2, 0.25) is 0 Å². The highest BCUT2D eigenvalue weighted by Crippen LogP contribution is 2.14. The molecule has 0 aromatic carbocycles. The van der Waals surface area contributed by atoms with E-state index in [1.54, 1.807) is 27.7 Å². The van der Waals surface area contributed by atoms with Crippen LogP contribution >= 0.6 is 0 Å². The van der Waals surface area contributed by atoms with Crippen molar-refractivity contribution >= 4 is 136 Å². The molecular formula is C85H155N35O22. The number of amides is 19. The second kappa shape index (κ2) is 72.4. The number of aliphatic hydroxyl groups excluding tert-OH is 1. The average Bonchev–Trinajstić information content (AvgIpc) is 1.16. The van der Waals surface area contributed by atoms with Gasteiger partial charge in [0.15, 0.2) is 17.9 Å². The van der Waals surface area contributed by atoms with Crippen LogP contribution < -0.4 is 163 Å². The number of aliphatic hydroxyl groups is 1. The molecule has 0 spiro atoms. The number of aliphatic carboxylic acids is 1. The highest BCUT2D eigenvalue weighted by molar-refractivity contribution is 6.01. The Kier molecular flexibility index (Phi) is 64.4. The number of nitrogens with two attached hydrogens (primary N) is 8. The van der Waals surface area contributed by atoms with E-state index in [-0.39, 0.29) is 166 Å². The molecule has 802 valence electrons. The summed E-state index contributed by atoms with van der Waals surface area (Å²) in [5.74, 6) is -20.0. The maximum absolute atomic E-state index is 14.7. The number of carbonyl (C=O) groups excluding carboxylic acids is 19. The van der Waals surface area contributed by atoms with Gasteiger partial charge in [-0.1, -0.05) is 27.7 Å². The van der Waals surface area contributed by atoms with Gasteiger partial charge in [-0.2, -0.15) is 0 Å². The standard InChI is InChI=1S/C85H155N35O22/c1-47(2)36-60(118-76(135)54(22-9-14-30-88)111-66(126)42-102-64(124)40-104-72(131)53(21-8-13-29-87)114-75(134)55(25-17-33-98-83(91)92)112-68(128)44-106-74(133)62(45-121)109-50(6)122)73(132)105-43-67(127)110-52(20-7-12-28-86)71(130)103-39-63(123)101-41-65(125)108-49(5)70(129)113-56(23-10-15-31-89)77(136)116-59(27-19-35-100-85(95)96)79(138)119-61(37-51-38-97-46-107-51)81(140)117-58(26-18-34-99-84(93)94)78(137)115-57(24-11-16-32-90)80(139)120-69(48(3)4)82(141)142/h38,46-49,52-62,69,121H,7-37,39-45,86-90H2,1-6H3,(H,97,107)(H,101,123)(H,102,124)(H,103,130)(H,104,131)(H,105,132)(H,106,133)(H,108,125)(H,109,122)(H,110,127)(H,111,126)(H,112,128)(H,113,129)(H,114,134)(H,115,137)(H,116,136)(H,117,140)(H,118,135)(H,119,138)(H,120,139)(H,141,142)(H4,91,92,98)(H4,93,94,99)(H4,95,96,100)/t49-,52-,53-,54-,55-,56-,57-,58-,59-,60-,61-,62-,69-/m0/s1. The van der Waals surface area contributed by atoms with Gasteiger partial charge in [0, 0.05) is 39.2 Å². The molecule has 0 aliphatic heterocycles. The lowest BCUT2D eigenvalue weighted by atomic mass is 10.0. The maximum atomic E-state index is 14.7. The maximum Gasteiger partial charge on any atom is 0.326 e. The van der Waals surface area contributed by atoms with Crippen LogP contribution in [-0.2, 0) is 102 Å². The zero-order valence-electron chi connectivity index (χ0n) is 81.8. The van der Waals surface area contributed by atoms with Gasteiger partial charge in [-0.15, -0.1) is 0 Å². The molecule has 44 N–H and O–H groups in total. The SMILES string of the molecule is CC(=O)N[C@@H](CO)C(=O)NCC(=O)N[C@@H](CCCNC(=N)N)C(=O)N[C@@H](CCCCN)C(=O)NCC(=O)NCC(=O)N[C@@H](CCCCN)C(=O)N[C@@H](CC(C)C)C(=O)NCC(=O)N[C@@H](CCCCN)C(=O)NCC(=O)NCC(=O)N[C@@H](C)C(=O)N[C@@H](CCCCN)C(=O)N[C@@H](CCCNC(=N)N)C(=O)N[C@@H](Cc1c[nH]cn1)C(=O)N[C@@H](CCCNC(=N)N)C(=O)N[C@@H](CCCCN)C(=O)N[C@H](C(=O)O)C(C)C. The minimum absolute atomic E-state index is 0.00293. The first-order valence-corrected chi connectivity index (χ1v) is 47.4. The van der Waals surface area contributed by atoms with E-state index in [1.807, 2.05) is 0 Å². The number of hydrogen-bond donors (Lipinski definition) is 36. The molecule has 0 unspecified atom stereocenters. The van der Waals surface area contributed by atoms with Crippen molar-refractivity contribution in [1.82, 2.24) is 127 Å². The number of carboxylic acids is 1. The number of aromatic nitrogens is 2. The number of guanidine groups is 3. The van der Waals surface area contributed by atoms with Gasteiger partial charge in [-0.25, -0.2) is 9.78 Å². The second-order valence-corrected chi connectivity index (χ2v) is 34.3. The third kappa shape index (κ3) is 56.4. The lowest BCUT2D eigenvalue weighted by molar-refractivity contribution is -0.143. The number of carbonyl (C=O) groups is 20. The normalized spacial score (nSPS) is 13.7. The Balaban J connectivity index is 3.29. The molecule has 19 amide bonds. The van der Waals surface area contributed by atoms with Crippen molar-refractivity contribution in [2.45, 2.75) is 268 Å². The molecule has 57 nitrogen and oxygen atoms in total. The summed E-state index contributed by atoms with van der Waals surface area (Å²) < 4.78 is 0. The number of rotatable bonds is 76. The van der Waals surface area contributed by atoms with Crippen LogP contribution in [-0.4, -0.2) is 333 Å². The summed E-state index contributed by atoms with van der Waals surface area (Å²) in [4.78, 5) is 278.